The lowest BCUT2D eigenvalue weighted by atomic mass is 9.72. The fourth-order valence-electron chi connectivity index (χ4n) is 2.53. The normalized spacial score (nSPS) is 22.5. The van der Waals surface area contributed by atoms with Crippen molar-refractivity contribution in [1.82, 2.24) is 0 Å². The first-order valence-corrected chi connectivity index (χ1v) is 7.24. The molecule has 0 aliphatic heterocycles. The summed E-state index contributed by atoms with van der Waals surface area (Å²) < 4.78 is 0. The summed E-state index contributed by atoms with van der Waals surface area (Å²) in [5, 5.41) is 4.68. The Balaban J connectivity index is 1.97. The topological polar surface area (TPSA) is 0 Å². The number of hydrogen-bond acceptors (Lipinski definition) is 1. The molecule has 1 aromatic heterocycles. The highest BCUT2D eigenvalue weighted by Gasteiger charge is 2.34. The number of hydrogen-bond donors (Lipinski definition) is 0. The molecule has 0 radical (unpaired) electrons. The fourth-order valence-corrected chi connectivity index (χ4v) is 3.61. The van der Waals surface area contributed by atoms with Crippen molar-refractivity contribution < 1.29 is 0 Å². The Bertz CT molecular complexity index is 285. The average molecular weight is 243 g/mol. The van der Waals surface area contributed by atoms with Gasteiger partial charge in [0.25, 0.3) is 0 Å². The molecule has 0 N–H and O–H groups in total. The molecule has 2 rings (SSSR count). The summed E-state index contributed by atoms with van der Waals surface area (Å²) >= 11 is 8.37. The Labute approximate surface area is 102 Å². The molecule has 2 heteroatoms. The van der Waals surface area contributed by atoms with Crippen molar-refractivity contribution in [2.45, 2.75) is 50.8 Å². The van der Waals surface area contributed by atoms with Crippen LogP contribution in [0.1, 0.15) is 44.6 Å². The summed E-state index contributed by atoms with van der Waals surface area (Å²) in [4.78, 5) is 0. The minimum absolute atomic E-state index is 0.312. The number of alkyl halides is 1. The van der Waals surface area contributed by atoms with Gasteiger partial charge in [-0.15, -0.1) is 11.6 Å². The van der Waals surface area contributed by atoms with Gasteiger partial charge in [-0.1, -0.05) is 26.2 Å². The molecule has 0 bridgehead atoms. The van der Waals surface area contributed by atoms with Gasteiger partial charge >= 0.3 is 0 Å². The van der Waals surface area contributed by atoms with Crippen molar-refractivity contribution in [2.24, 2.45) is 5.41 Å². The molecule has 1 fully saturated rings. The van der Waals surface area contributed by atoms with Crippen LogP contribution in [0.3, 0.4) is 0 Å². The van der Waals surface area contributed by atoms with Crippen molar-refractivity contribution in [3.8, 4) is 0 Å². The Morgan fingerprint density at radius 3 is 2.73 bits per heavy atom. The van der Waals surface area contributed by atoms with E-state index in [1.54, 1.807) is 11.3 Å². The molecule has 0 aromatic carbocycles. The second kappa shape index (κ2) is 4.88. The van der Waals surface area contributed by atoms with Crippen LogP contribution in [0.25, 0.3) is 0 Å². The Kier molecular flexibility index (Phi) is 3.73. The summed E-state index contributed by atoms with van der Waals surface area (Å²) in [5.74, 6) is 0. The molecule has 0 spiro atoms. The van der Waals surface area contributed by atoms with E-state index in [1.807, 2.05) is 0 Å². The molecule has 1 aliphatic rings. The van der Waals surface area contributed by atoms with Crippen LogP contribution in [0.4, 0.5) is 0 Å². The lowest BCUT2D eigenvalue weighted by molar-refractivity contribution is 0.205. The molecular weight excluding hydrogens is 224 g/mol. The van der Waals surface area contributed by atoms with Crippen LogP contribution in [-0.2, 0) is 6.42 Å². The van der Waals surface area contributed by atoms with Crippen molar-refractivity contribution in [1.29, 1.82) is 0 Å². The van der Waals surface area contributed by atoms with E-state index >= 15 is 0 Å². The molecule has 0 amide bonds. The standard InChI is InChI=1S/C13H19ClS/c1-13(6-3-2-4-7-13)12(14)9-11-5-8-15-10-11/h5,8,10,12H,2-4,6-7,9H2,1H3. The van der Waals surface area contributed by atoms with Gasteiger partial charge in [0.15, 0.2) is 0 Å². The first-order valence-electron chi connectivity index (χ1n) is 5.86. The zero-order valence-electron chi connectivity index (χ0n) is 9.34. The molecule has 1 aromatic rings. The Morgan fingerprint density at radius 2 is 2.13 bits per heavy atom. The molecule has 0 nitrogen and oxygen atoms in total. The molecular formula is C13H19ClS. The van der Waals surface area contributed by atoms with Crippen molar-refractivity contribution in [3.63, 3.8) is 0 Å². The van der Waals surface area contributed by atoms with Crippen LogP contribution in [0.15, 0.2) is 16.8 Å². The van der Waals surface area contributed by atoms with Gasteiger partial charge in [0, 0.05) is 5.38 Å². The molecule has 1 unspecified atom stereocenters. The molecule has 0 saturated heterocycles. The molecule has 1 aliphatic carbocycles. The highest BCUT2D eigenvalue weighted by molar-refractivity contribution is 7.07. The van der Waals surface area contributed by atoms with E-state index in [0.717, 1.165) is 6.42 Å². The Hall–Kier alpha value is -0.0100. The van der Waals surface area contributed by atoms with Gasteiger partial charge in [-0.2, -0.15) is 11.3 Å². The van der Waals surface area contributed by atoms with E-state index < -0.39 is 0 Å². The maximum atomic E-state index is 6.60. The predicted molar refractivity (Wildman–Crippen MR) is 68.9 cm³/mol. The highest BCUT2D eigenvalue weighted by atomic mass is 35.5. The van der Waals surface area contributed by atoms with Gasteiger partial charge in [0.05, 0.1) is 0 Å². The predicted octanol–water partition coefficient (Wildman–Crippen LogP) is 4.87. The van der Waals surface area contributed by atoms with Gasteiger partial charge in [-0.05, 0) is 47.1 Å². The highest BCUT2D eigenvalue weighted by Crippen LogP contribution is 2.42. The third kappa shape index (κ3) is 2.76. The second-order valence-corrected chi connectivity index (χ2v) is 6.32. The van der Waals surface area contributed by atoms with E-state index in [4.69, 9.17) is 11.6 Å². The van der Waals surface area contributed by atoms with Gasteiger partial charge in [0.1, 0.15) is 0 Å². The van der Waals surface area contributed by atoms with Crippen molar-refractivity contribution in [2.75, 3.05) is 0 Å². The quantitative estimate of drug-likeness (QED) is 0.664. The van der Waals surface area contributed by atoms with E-state index in [2.05, 4.69) is 23.8 Å². The monoisotopic (exact) mass is 242 g/mol. The lowest BCUT2D eigenvalue weighted by Crippen LogP contribution is -2.32. The van der Waals surface area contributed by atoms with Crippen LogP contribution < -0.4 is 0 Å². The van der Waals surface area contributed by atoms with Gasteiger partial charge in [-0.25, -0.2) is 0 Å². The van der Waals surface area contributed by atoms with Crippen molar-refractivity contribution >= 4 is 22.9 Å². The van der Waals surface area contributed by atoms with E-state index in [9.17, 15) is 0 Å². The molecule has 84 valence electrons. The van der Waals surface area contributed by atoms with Crippen LogP contribution in [0.2, 0.25) is 0 Å². The Morgan fingerprint density at radius 1 is 1.40 bits per heavy atom. The summed E-state index contributed by atoms with van der Waals surface area (Å²) in [7, 11) is 0. The van der Waals surface area contributed by atoms with Crippen LogP contribution in [0.5, 0.6) is 0 Å². The van der Waals surface area contributed by atoms with E-state index in [-0.39, 0.29) is 0 Å². The summed E-state index contributed by atoms with van der Waals surface area (Å²) in [6, 6.07) is 2.20. The van der Waals surface area contributed by atoms with Crippen LogP contribution >= 0.6 is 22.9 Å². The minimum atomic E-state index is 0.312. The fraction of sp³-hybridized carbons (Fsp3) is 0.692. The first-order chi connectivity index (χ1) is 7.21. The smallest absolute Gasteiger partial charge is 0.0430 e. The van der Waals surface area contributed by atoms with Gasteiger partial charge in [0.2, 0.25) is 0 Å². The number of thiophene rings is 1. The van der Waals surface area contributed by atoms with Crippen molar-refractivity contribution in [3.05, 3.63) is 22.4 Å². The van der Waals surface area contributed by atoms with Gasteiger partial charge in [-0.3, -0.25) is 0 Å². The summed E-state index contributed by atoms with van der Waals surface area (Å²) in [5.41, 5.74) is 1.79. The minimum Gasteiger partial charge on any atom is -0.152 e. The number of halogens is 1. The average Bonchev–Trinajstić information content (AvgIpc) is 2.71. The first kappa shape index (κ1) is 11.5. The largest absolute Gasteiger partial charge is 0.152 e. The molecule has 1 saturated carbocycles. The van der Waals surface area contributed by atoms with E-state index in [0.29, 0.717) is 10.8 Å². The molecule has 1 heterocycles. The van der Waals surface area contributed by atoms with Crippen LogP contribution in [0, 0.1) is 5.41 Å². The maximum absolute atomic E-state index is 6.60. The zero-order valence-corrected chi connectivity index (χ0v) is 10.9. The van der Waals surface area contributed by atoms with E-state index in [1.165, 1.54) is 37.7 Å². The second-order valence-electron chi connectivity index (χ2n) is 5.02. The lowest BCUT2D eigenvalue weighted by Gasteiger charge is -2.37. The molecule has 15 heavy (non-hydrogen) atoms. The third-order valence-corrected chi connectivity index (χ3v) is 5.16. The zero-order chi connectivity index (χ0) is 10.7. The SMILES string of the molecule is CC1(C(Cl)Cc2ccsc2)CCCCC1. The van der Waals surface area contributed by atoms with Crippen LogP contribution in [-0.4, -0.2) is 5.38 Å². The third-order valence-electron chi connectivity index (χ3n) is 3.75. The summed E-state index contributed by atoms with van der Waals surface area (Å²) in [6.45, 7) is 2.37. The summed E-state index contributed by atoms with van der Waals surface area (Å²) in [6.07, 6.45) is 7.79. The van der Waals surface area contributed by atoms with Gasteiger partial charge < -0.3 is 0 Å². The molecule has 1 atom stereocenters. The maximum Gasteiger partial charge on any atom is 0.0430 e. The number of rotatable bonds is 3.